The summed E-state index contributed by atoms with van der Waals surface area (Å²) >= 11 is 1.45. The van der Waals surface area contributed by atoms with E-state index in [2.05, 4.69) is 27.0 Å². The van der Waals surface area contributed by atoms with Crippen LogP contribution in [0.3, 0.4) is 0 Å². The average Bonchev–Trinajstić information content (AvgIpc) is 2.95. The van der Waals surface area contributed by atoms with Gasteiger partial charge in [-0.05, 0) is 45.6 Å². The maximum atomic E-state index is 12.6. The van der Waals surface area contributed by atoms with E-state index < -0.39 is 0 Å². The maximum absolute atomic E-state index is 12.6. The second kappa shape index (κ2) is 6.86. The summed E-state index contributed by atoms with van der Waals surface area (Å²) < 4.78 is 1.92. The fourth-order valence-corrected chi connectivity index (χ4v) is 4.13. The van der Waals surface area contributed by atoms with Gasteiger partial charge in [-0.3, -0.25) is 9.20 Å². The van der Waals surface area contributed by atoms with Gasteiger partial charge < -0.3 is 4.90 Å². The number of hydrogen-bond donors (Lipinski definition) is 0. The summed E-state index contributed by atoms with van der Waals surface area (Å²) in [7, 11) is 0. The largest absolute Gasteiger partial charge is 0.339 e. The predicted molar refractivity (Wildman–Crippen MR) is 90.6 cm³/mol. The van der Waals surface area contributed by atoms with Crippen molar-refractivity contribution in [2.75, 3.05) is 12.3 Å². The van der Waals surface area contributed by atoms with Crippen LogP contribution in [0.1, 0.15) is 44.0 Å². The van der Waals surface area contributed by atoms with Crippen LogP contribution < -0.4 is 0 Å². The summed E-state index contributed by atoms with van der Waals surface area (Å²) in [5.74, 6) is 1.21. The number of rotatable bonds is 4. The molecule has 0 radical (unpaired) electrons. The summed E-state index contributed by atoms with van der Waals surface area (Å²) in [6.45, 7) is 7.00. The van der Waals surface area contributed by atoms with E-state index >= 15 is 0 Å². The number of amides is 1. The van der Waals surface area contributed by atoms with Gasteiger partial charge in [0.1, 0.15) is 0 Å². The van der Waals surface area contributed by atoms with Crippen molar-refractivity contribution in [2.24, 2.45) is 0 Å². The first-order chi connectivity index (χ1) is 11.1. The molecule has 1 aliphatic heterocycles. The Hall–Kier alpha value is -1.63. The van der Waals surface area contributed by atoms with Gasteiger partial charge in [-0.1, -0.05) is 18.7 Å². The van der Waals surface area contributed by atoms with E-state index in [-0.39, 0.29) is 5.91 Å². The Labute approximate surface area is 140 Å². The van der Waals surface area contributed by atoms with Gasteiger partial charge in [0, 0.05) is 24.0 Å². The highest BCUT2D eigenvalue weighted by molar-refractivity contribution is 7.99. The zero-order valence-electron chi connectivity index (χ0n) is 13.9. The number of likely N-dealkylation sites (tertiary alicyclic amines) is 1. The third-order valence-corrected chi connectivity index (χ3v) is 5.32. The van der Waals surface area contributed by atoms with Crippen LogP contribution in [0.15, 0.2) is 11.2 Å². The minimum Gasteiger partial charge on any atom is -0.339 e. The third-order valence-electron chi connectivity index (χ3n) is 4.41. The van der Waals surface area contributed by atoms with Crippen LogP contribution in [0.4, 0.5) is 0 Å². The molecule has 0 unspecified atom stereocenters. The monoisotopic (exact) mass is 333 g/mol. The molecule has 0 saturated carbocycles. The Morgan fingerprint density at radius 3 is 2.96 bits per heavy atom. The molecule has 0 bridgehead atoms. The van der Waals surface area contributed by atoms with Gasteiger partial charge in [0.05, 0.1) is 5.75 Å². The lowest BCUT2D eigenvalue weighted by Crippen LogP contribution is -2.44. The molecular weight excluding hydrogens is 310 g/mol. The minimum absolute atomic E-state index is 0.205. The zero-order valence-corrected chi connectivity index (χ0v) is 14.8. The normalized spacial score (nSPS) is 18.6. The quantitative estimate of drug-likeness (QED) is 0.805. The van der Waals surface area contributed by atoms with E-state index in [0.717, 1.165) is 42.4 Å². The summed E-state index contributed by atoms with van der Waals surface area (Å²) in [5, 5.41) is 9.05. The molecule has 6 nitrogen and oxygen atoms in total. The van der Waals surface area contributed by atoms with E-state index in [1.165, 1.54) is 18.2 Å². The molecular formula is C16H23N5OS. The molecule has 1 aliphatic rings. The molecule has 7 heteroatoms. The summed E-state index contributed by atoms with van der Waals surface area (Å²) in [4.78, 5) is 19.0. The Morgan fingerprint density at radius 1 is 1.35 bits per heavy atom. The highest BCUT2D eigenvalue weighted by Gasteiger charge is 2.25. The fraction of sp³-hybridized carbons (Fsp3) is 0.625. The molecule has 1 fully saturated rings. The number of carbonyl (C=O) groups excluding carboxylic acids is 1. The number of fused-ring (bicyclic) bond motifs is 1. The number of piperidine rings is 1. The van der Waals surface area contributed by atoms with E-state index in [1.54, 1.807) is 0 Å². The second-order valence-corrected chi connectivity index (χ2v) is 7.03. The van der Waals surface area contributed by atoms with Crippen LogP contribution in [0.2, 0.25) is 0 Å². The van der Waals surface area contributed by atoms with Gasteiger partial charge in [-0.25, -0.2) is 4.98 Å². The molecule has 3 heterocycles. The highest BCUT2D eigenvalue weighted by atomic mass is 32.2. The first kappa shape index (κ1) is 16.2. The average molecular weight is 333 g/mol. The lowest BCUT2D eigenvalue weighted by molar-refractivity contribution is -0.132. The number of thioether (sulfide) groups is 1. The molecule has 1 atom stereocenters. The topological polar surface area (TPSA) is 63.4 Å². The van der Waals surface area contributed by atoms with Crippen molar-refractivity contribution >= 4 is 23.4 Å². The number of aryl methyl sites for hydroxylation is 2. The van der Waals surface area contributed by atoms with E-state index in [0.29, 0.717) is 17.6 Å². The zero-order chi connectivity index (χ0) is 16.4. The first-order valence-electron chi connectivity index (χ1n) is 8.21. The maximum Gasteiger partial charge on any atom is 0.256 e. The van der Waals surface area contributed by atoms with Crippen molar-refractivity contribution < 1.29 is 4.79 Å². The van der Waals surface area contributed by atoms with Gasteiger partial charge in [0.2, 0.25) is 5.91 Å². The van der Waals surface area contributed by atoms with Gasteiger partial charge >= 0.3 is 0 Å². The second-order valence-electron chi connectivity index (χ2n) is 6.09. The standard InChI is InChI=1S/C16H23N5OS/c1-4-13-7-5-6-8-20(13)14(22)10-23-16-19-18-15-17-11(2)9-12(3)21(15)16/h9,13H,4-8,10H2,1-3H3/t13-/m1/s1. The Kier molecular flexibility index (Phi) is 4.84. The van der Waals surface area contributed by atoms with Gasteiger partial charge in [0.15, 0.2) is 5.16 Å². The molecule has 0 aliphatic carbocycles. The highest BCUT2D eigenvalue weighted by Crippen LogP contribution is 2.23. The number of aromatic nitrogens is 4. The predicted octanol–water partition coefficient (Wildman–Crippen LogP) is 2.62. The van der Waals surface area contributed by atoms with Crippen molar-refractivity contribution in [2.45, 2.75) is 57.7 Å². The van der Waals surface area contributed by atoms with Crippen molar-refractivity contribution in [3.05, 3.63) is 17.5 Å². The van der Waals surface area contributed by atoms with Crippen LogP contribution in [0.5, 0.6) is 0 Å². The van der Waals surface area contributed by atoms with Crippen LogP contribution in [-0.4, -0.2) is 48.7 Å². The molecule has 2 aromatic heterocycles. The van der Waals surface area contributed by atoms with Gasteiger partial charge in [-0.15, -0.1) is 10.2 Å². The molecule has 3 rings (SSSR count). The van der Waals surface area contributed by atoms with Crippen LogP contribution in [0, 0.1) is 13.8 Å². The molecule has 2 aromatic rings. The lowest BCUT2D eigenvalue weighted by Gasteiger charge is -2.35. The van der Waals surface area contributed by atoms with E-state index in [4.69, 9.17) is 0 Å². The van der Waals surface area contributed by atoms with Crippen LogP contribution in [-0.2, 0) is 4.79 Å². The van der Waals surface area contributed by atoms with Crippen molar-refractivity contribution in [3.63, 3.8) is 0 Å². The Bertz CT molecular complexity index is 714. The third kappa shape index (κ3) is 3.34. The first-order valence-corrected chi connectivity index (χ1v) is 9.20. The summed E-state index contributed by atoms with van der Waals surface area (Å²) in [6.07, 6.45) is 4.51. The molecule has 124 valence electrons. The number of hydrogen-bond acceptors (Lipinski definition) is 5. The van der Waals surface area contributed by atoms with Crippen molar-refractivity contribution in [1.29, 1.82) is 0 Å². The Balaban J connectivity index is 1.72. The van der Waals surface area contributed by atoms with Crippen molar-refractivity contribution in [1.82, 2.24) is 24.5 Å². The van der Waals surface area contributed by atoms with Gasteiger partial charge in [0.25, 0.3) is 5.78 Å². The smallest absolute Gasteiger partial charge is 0.256 e. The number of carbonyl (C=O) groups is 1. The van der Waals surface area contributed by atoms with Crippen molar-refractivity contribution in [3.8, 4) is 0 Å². The molecule has 0 N–H and O–H groups in total. The SMILES string of the molecule is CC[C@@H]1CCCCN1C(=O)CSc1nnc2nc(C)cc(C)n12. The molecule has 23 heavy (non-hydrogen) atoms. The Morgan fingerprint density at radius 2 is 2.17 bits per heavy atom. The number of nitrogens with zero attached hydrogens (tertiary/aromatic N) is 5. The van der Waals surface area contributed by atoms with Gasteiger partial charge in [-0.2, -0.15) is 0 Å². The van der Waals surface area contributed by atoms with E-state index in [1.807, 2.05) is 24.3 Å². The lowest BCUT2D eigenvalue weighted by atomic mass is 10.0. The van der Waals surface area contributed by atoms with Crippen LogP contribution >= 0.6 is 11.8 Å². The molecule has 0 aromatic carbocycles. The molecule has 0 spiro atoms. The summed E-state index contributed by atoms with van der Waals surface area (Å²) in [5.41, 5.74) is 1.96. The fourth-order valence-electron chi connectivity index (χ4n) is 3.26. The molecule has 1 saturated heterocycles. The summed E-state index contributed by atoms with van der Waals surface area (Å²) in [6, 6.07) is 2.40. The minimum atomic E-state index is 0.205. The molecule has 1 amide bonds. The van der Waals surface area contributed by atoms with E-state index in [9.17, 15) is 4.79 Å². The van der Waals surface area contributed by atoms with Crippen LogP contribution in [0.25, 0.3) is 5.78 Å².